The number of amides is 1. The molecule has 15 heavy (non-hydrogen) atoms. The van der Waals surface area contributed by atoms with E-state index in [4.69, 9.17) is 5.26 Å². The van der Waals surface area contributed by atoms with E-state index in [9.17, 15) is 4.79 Å². The summed E-state index contributed by atoms with van der Waals surface area (Å²) in [5.74, 6) is 0.0673. The molecule has 0 bridgehead atoms. The molecular weight excluding hydrogens is 190 g/mol. The lowest BCUT2D eigenvalue weighted by molar-refractivity contribution is -0.143. The monoisotopic (exact) mass is 209 g/mol. The SMILES string of the molecule is CN1CCN(C(C)(C)C)C(CC#N)C1=O. The molecule has 4 heteroatoms. The lowest BCUT2D eigenvalue weighted by Crippen LogP contribution is -2.61. The van der Waals surface area contributed by atoms with Crippen molar-refractivity contribution in [2.24, 2.45) is 0 Å². The Morgan fingerprint density at radius 2 is 2.07 bits per heavy atom. The van der Waals surface area contributed by atoms with Crippen molar-refractivity contribution in [1.29, 1.82) is 5.26 Å². The first-order valence-corrected chi connectivity index (χ1v) is 5.26. The summed E-state index contributed by atoms with van der Waals surface area (Å²) in [6.07, 6.45) is 0.278. The number of carbonyl (C=O) groups excluding carboxylic acids is 1. The van der Waals surface area contributed by atoms with Gasteiger partial charge in [-0.15, -0.1) is 0 Å². The largest absolute Gasteiger partial charge is 0.343 e. The second kappa shape index (κ2) is 4.19. The predicted octanol–water partition coefficient (Wildman–Crippen LogP) is 0.841. The lowest BCUT2D eigenvalue weighted by atomic mass is 9.98. The maximum atomic E-state index is 11.9. The molecule has 1 aliphatic heterocycles. The Balaban J connectivity index is 2.88. The van der Waals surface area contributed by atoms with Crippen molar-refractivity contribution >= 4 is 5.91 Å². The van der Waals surface area contributed by atoms with Crippen LogP contribution in [0.1, 0.15) is 27.2 Å². The smallest absolute Gasteiger partial charge is 0.240 e. The van der Waals surface area contributed by atoms with Gasteiger partial charge in [0.1, 0.15) is 6.04 Å². The van der Waals surface area contributed by atoms with Crippen LogP contribution >= 0.6 is 0 Å². The van der Waals surface area contributed by atoms with E-state index in [-0.39, 0.29) is 23.9 Å². The first-order valence-electron chi connectivity index (χ1n) is 5.26. The third-order valence-electron chi connectivity index (χ3n) is 2.86. The number of nitriles is 1. The van der Waals surface area contributed by atoms with Crippen LogP contribution in [0.2, 0.25) is 0 Å². The first-order chi connectivity index (χ1) is 6.88. The summed E-state index contributed by atoms with van der Waals surface area (Å²) in [6, 6.07) is 1.83. The molecule has 1 heterocycles. The molecule has 0 spiro atoms. The van der Waals surface area contributed by atoms with E-state index in [1.54, 1.807) is 11.9 Å². The van der Waals surface area contributed by atoms with Crippen LogP contribution in [-0.4, -0.2) is 47.4 Å². The molecule has 1 atom stereocenters. The lowest BCUT2D eigenvalue weighted by Gasteiger charge is -2.45. The van der Waals surface area contributed by atoms with Gasteiger partial charge in [0, 0.05) is 25.7 Å². The van der Waals surface area contributed by atoms with Gasteiger partial charge in [0.25, 0.3) is 0 Å². The van der Waals surface area contributed by atoms with E-state index < -0.39 is 0 Å². The van der Waals surface area contributed by atoms with Crippen molar-refractivity contribution in [2.75, 3.05) is 20.1 Å². The molecule has 0 aromatic heterocycles. The van der Waals surface area contributed by atoms with Crippen LogP contribution in [0.25, 0.3) is 0 Å². The van der Waals surface area contributed by atoms with Gasteiger partial charge in [0.15, 0.2) is 0 Å². The van der Waals surface area contributed by atoms with E-state index in [1.807, 2.05) is 0 Å². The van der Waals surface area contributed by atoms with Crippen molar-refractivity contribution < 1.29 is 4.79 Å². The molecule has 1 amide bonds. The zero-order chi connectivity index (χ0) is 11.6. The van der Waals surface area contributed by atoms with Gasteiger partial charge in [0.05, 0.1) is 12.5 Å². The highest BCUT2D eigenvalue weighted by Gasteiger charge is 2.38. The molecule has 0 aromatic rings. The van der Waals surface area contributed by atoms with Crippen LogP contribution in [-0.2, 0) is 4.79 Å². The van der Waals surface area contributed by atoms with Crippen molar-refractivity contribution in [2.45, 2.75) is 38.8 Å². The molecule has 0 saturated carbocycles. The fourth-order valence-electron chi connectivity index (χ4n) is 2.00. The molecule has 0 radical (unpaired) electrons. The molecule has 0 aliphatic carbocycles. The third-order valence-corrected chi connectivity index (χ3v) is 2.86. The Morgan fingerprint density at radius 1 is 1.47 bits per heavy atom. The summed E-state index contributed by atoms with van der Waals surface area (Å²) in [6.45, 7) is 7.83. The molecule has 0 N–H and O–H groups in total. The Hall–Kier alpha value is -1.08. The van der Waals surface area contributed by atoms with Crippen molar-refractivity contribution in [1.82, 2.24) is 9.80 Å². The summed E-state index contributed by atoms with van der Waals surface area (Å²) >= 11 is 0. The average molecular weight is 209 g/mol. The summed E-state index contributed by atoms with van der Waals surface area (Å²) < 4.78 is 0. The van der Waals surface area contributed by atoms with Gasteiger partial charge in [0.2, 0.25) is 5.91 Å². The van der Waals surface area contributed by atoms with Gasteiger partial charge in [-0.05, 0) is 20.8 Å². The Labute approximate surface area is 91.5 Å². The van der Waals surface area contributed by atoms with E-state index in [0.29, 0.717) is 0 Å². The fraction of sp³-hybridized carbons (Fsp3) is 0.818. The van der Waals surface area contributed by atoms with Crippen molar-refractivity contribution in [3.05, 3.63) is 0 Å². The highest BCUT2D eigenvalue weighted by Crippen LogP contribution is 2.22. The molecule has 84 valence electrons. The number of piperazine rings is 1. The highest BCUT2D eigenvalue weighted by molar-refractivity contribution is 5.82. The summed E-state index contributed by atoms with van der Waals surface area (Å²) in [5.41, 5.74) is -0.0571. The summed E-state index contributed by atoms with van der Waals surface area (Å²) in [7, 11) is 1.80. The molecule has 0 aromatic carbocycles. The molecule has 1 saturated heterocycles. The molecule has 4 nitrogen and oxygen atoms in total. The Bertz CT molecular complexity index is 287. The first kappa shape index (κ1) is 12.0. The molecule has 1 rings (SSSR count). The number of rotatable bonds is 1. The van der Waals surface area contributed by atoms with Gasteiger partial charge in [-0.3, -0.25) is 9.69 Å². The van der Waals surface area contributed by atoms with E-state index in [0.717, 1.165) is 13.1 Å². The second-order valence-electron chi connectivity index (χ2n) is 5.00. The van der Waals surface area contributed by atoms with Crippen LogP contribution in [0.5, 0.6) is 0 Å². The highest BCUT2D eigenvalue weighted by atomic mass is 16.2. The van der Waals surface area contributed by atoms with Crippen molar-refractivity contribution in [3.63, 3.8) is 0 Å². The zero-order valence-corrected chi connectivity index (χ0v) is 9.95. The van der Waals surface area contributed by atoms with Gasteiger partial charge in [-0.25, -0.2) is 0 Å². The minimum atomic E-state index is -0.270. The summed E-state index contributed by atoms with van der Waals surface area (Å²) in [5, 5.41) is 8.76. The Kier molecular flexibility index (Phi) is 3.35. The number of hydrogen-bond donors (Lipinski definition) is 0. The number of carbonyl (C=O) groups is 1. The quantitative estimate of drug-likeness (QED) is 0.643. The minimum Gasteiger partial charge on any atom is -0.343 e. The number of nitrogens with zero attached hydrogens (tertiary/aromatic N) is 3. The minimum absolute atomic E-state index is 0.0571. The average Bonchev–Trinajstić information content (AvgIpc) is 2.11. The third kappa shape index (κ3) is 2.48. The van der Waals surface area contributed by atoms with Gasteiger partial charge >= 0.3 is 0 Å². The van der Waals surface area contributed by atoms with Crippen LogP contribution in [0.4, 0.5) is 0 Å². The van der Waals surface area contributed by atoms with Crippen LogP contribution in [0.3, 0.4) is 0 Å². The number of hydrogen-bond acceptors (Lipinski definition) is 3. The van der Waals surface area contributed by atoms with Crippen LogP contribution < -0.4 is 0 Å². The predicted molar refractivity (Wildman–Crippen MR) is 58.1 cm³/mol. The molecule has 1 unspecified atom stereocenters. The van der Waals surface area contributed by atoms with Gasteiger partial charge in [-0.2, -0.15) is 5.26 Å². The fourth-order valence-corrected chi connectivity index (χ4v) is 2.00. The van der Waals surface area contributed by atoms with E-state index in [2.05, 4.69) is 31.7 Å². The topological polar surface area (TPSA) is 47.3 Å². The van der Waals surface area contributed by atoms with E-state index >= 15 is 0 Å². The molecular formula is C11H19N3O. The van der Waals surface area contributed by atoms with E-state index in [1.165, 1.54) is 0 Å². The van der Waals surface area contributed by atoms with Crippen molar-refractivity contribution in [3.8, 4) is 6.07 Å². The standard InChI is InChI=1S/C11H19N3O/c1-11(2,3)14-8-7-13(4)10(15)9(14)5-6-12/h9H,5,7-8H2,1-4H3. The van der Waals surface area contributed by atoms with Crippen LogP contribution in [0, 0.1) is 11.3 Å². The Morgan fingerprint density at radius 3 is 2.53 bits per heavy atom. The van der Waals surface area contributed by atoms with Gasteiger partial charge < -0.3 is 4.90 Å². The normalized spacial score (nSPS) is 24.1. The summed E-state index contributed by atoms with van der Waals surface area (Å²) in [4.78, 5) is 15.7. The number of likely N-dealkylation sites (N-methyl/N-ethyl adjacent to an activating group) is 1. The maximum absolute atomic E-state index is 11.9. The molecule has 1 fully saturated rings. The second-order valence-corrected chi connectivity index (χ2v) is 5.00. The van der Waals surface area contributed by atoms with Gasteiger partial charge in [-0.1, -0.05) is 0 Å². The van der Waals surface area contributed by atoms with Crippen LogP contribution in [0.15, 0.2) is 0 Å². The maximum Gasteiger partial charge on any atom is 0.240 e. The molecule has 1 aliphatic rings. The zero-order valence-electron chi connectivity index (χ0n) is 9.95.